The number of imide groups is 1. The SMILES string of the molecule is CC(C)[C@@H]1CC[C@@H](C)C[C@H]1OC(=O)N1C[C@H]2C[C@H]1[C@@H]1C(=O)N(c3cnc(C#N)c4ccccc34)C(=O)[C@H]21. The van der Waals surface area contributed by atoms with Crippen LogP contribution in [0.15, 0.2) is 30.5 Å². The Morgan fingerprint density at radius 3 is 2.57 bits per heavy atom. The molecule has 2 saturated heterocycles. The van der Waals surface area contributed by atoms with Crippen molar-refractivity contribution in [3.63, 3.8) is 0 Å². The molecule has 2 saturated carbocycles. The van der Waals surface area contributed by atoms with Gasteiger partial charge >= 0.3 is 6.09 Å². The number of piperidine rings is 1. The van der Waals surface area contributed by atoms with Gasteiger partial charge in [-0.25, -0.2) is 14.7 Å². The average molecular weight is 501 g/mol. The second-order valence-corrected chi connectivity index (χ2v) is 11.7. The van der Waals surface area contributed by atoms with Crippen molar-refractivity contribution < 1.29 is 19.1 Å². The van der Waals surface area contributed by atoms with Crippen molar-refractivity contribution in [3.05, 3.63) is 36.2 Å². The minimum Gasteiger partial charge on any atom is -0.446 e. The highest BCUT2D eigenvalue weighted by Crippen LogP contribution is 2.52. The minimum atomic E-state index is -0.570. The molecule has 1 aromatic carbocycles. The molecule has 2 aromatic rings. The molecule has 4 fully saturated rings. The number of hydrogen-bond donors (Lipinski definition) is 0. The molecule has 7 atom stereocenters. The molecule has 4 aliphatic rings. The fourth-order valence-electron chi connectivity index (χ4n) is 7.45. The number of ether oxygens (including phenoxy) is 1. The van der Waals surface area contributed by atoms with E-state index in [0.717, 1.165) is 19.3 Å². The molecule has 2 bridgehead atoms. The molecule has 0 N–H and O–H groups in total. The van der Waals surface area contributed by atoms with Gasteiger partial charge in [0.05, 0.1) is 23.7 Å². The average Bonchev–Trinajstić information content (AvgIpc) is 3.55. The zero-order valence-electron chi connectivity index (χ0n) is 21.5. The number of nitriles is 1. The standard InChI is InChI=1S/C29H32N4O4/c1-15(2)18-9-8-16(3)10-24(18)37-29(36)32-14-17-11-22(32)26-25(17)27(34)33(28(26)35)23-13-31-21(12-30)19-6-4-5-7-20(19)23/h4-7,13,15-18,22,24-26H,8-11,14H2,1-3H3/t16-,17-,18+,22+,24-,25-,26+/m1/s1. The quantitative estimate of drug-likeness (QED) is 0.574. The molecule has 192 valence electrons. The molecule has 3 heterocycles. The first-order valence-corrected chi connectivity index (χ1v) is 13.4. The predicted octanol–water partition coefficient (Wildman–Crippen LogP) is 4.51. The molecule has 2 aliphatic carbocycles. The van der Waals surface area contributed by atoms with Crippen molar-refractivity contribution in [3.8, 4) is 6.07 Å². The molecule has 37 heavy (non-hydrogen) atoms. The summed E-state index contributed by atoms with van der Waals surface area (Å²) in [6, 6.07) is 8.94. The van der Waals surface area contributed by atoms with Crippen molar-refractivity contribution in [2.75, 3.05) is 11.4 Å². The lowest BCUT2D eigenvalue weighted by Crippen LogP contribution is -2.49. The number of likely N-dealkylation sites (tertiary alicyclic amines) is 1. The number of benzene rings is 1. The highest BCUT2D eigenvalue weighted by atomic mass is 16.6. The Morgan fingerprint density at radius 1 is 1.11 bits per heavy atom. The zero-order valence-corrected chi connectivity index (χ0v) is 21.5. The summed E-state index contributed by atoms with van der Waals surface area (Å²) >= 11 is 0. The molecule has 0 radical (unpaired) electrons. The molecule has 6 rings (SSSR count). The predicted molar refractivity (Wildman–Crippen MR) is 136 cm³/mol. The summed E-state index contributed by atoms with van der Waals surface area (Å²) in [6.07, 6.45) is 4.72. The van der Waals surface area contributed by atoms with E-state index < -0.39 is 11.8 Å². The number of anilines is 1. The molecule has 0 spiro atoms. The van der Waals surface area contributed by atoms with E-state index in [9.17, 15) is 19.6 Å². The van der Waals surface area contributed by atoms with Gasteiger partial charge in [-0.3, -0.25) is 9.59 Å². The normalized spacial score (nSPS) is 32.8. The zero-order chi connectivity index (χ0) is 26.0. The van der Waals surface area contributed by atoms with Gasteiger partial charge in [0.2, 0.25) is 11.8 Å². The van der Waals surface area contributed by atoms with Gasteiger partial charge in [0.15, 0.2) is 0 Å². The lowest BCUT2D eigenvalue weighted by molar-refractivity contribution is -0.123. The van der Waals surface area contributed by atoms with Gasteiger partial charge in [-0.2, -0.15) is 5.26 Å². The Morgan fingerprint density at radius 2 is 1.84 bits per heavy atom. The summed E-state index contributed by atoms with van der Waals surface area (Å²) in [6.45, 7) is 7.02. The van der Waals surface area contributed by atoms with E-state index in [4.69, 9.17) is 4.74 Å². The number of aromatic nitrogens is 1. The Balaban J connectivity index is 1.26. The molecular formula is C29H32N4O4. The number of hydrogen-bond acceptors (Lipinski definition) is 6. The van der Waals surface area contributed by atoms with Gasteiger partial charge in [-0.15, -0.1) is 0 Å². The van der Waals surface area contributed by atoms with Crippen LogP contribution in [0.2, 0.25) is 0 Å². The fourth-order valence-corrected chi connectivity index (χ4v) is 7.45. The molecular weight excluding hydrogens is 468 g/mol. The highest BCUT2D eigenvalue weighted by molar-refractivity contribution is 6.25. The maximum atomic E-state index is 13.8. The van der Waals surface area contributed by atoms with E-state index >= 15 is 0 Å². The lowest BCUT2D eigenvalue weighted by atomic mass is 9.75. The summed E-state index contributed by atoms with van der Waals surface area (Å²) in [7, 11) is 0. The van der Waals surface area contributed by atoms with Crippen LogP contribution in [-0.2, 0) is 14.3 Å². The summed E-state index contributed by atoms with van der Waals surface area (Å²) in [5.41, 5.74) is 0.660. The minimum absolute atomic E-state index is 0.0622. The van der Waals surface area contributed by atoms with Crippen molar-refractivity contribution >= 4 is 34.4 Å². The first-order chi connectivity index (χ1) is 17.8. The summed E-state index contributed by atoms with van der Waals surface area (Å²) < 4.78 is 6.11. The molecule has 8 heteroatoms. The fraction of sp³-hybridized carbons (Fsp3) is 0.552. The highest BCUT2D eigenvalue weighted by Gasteiger charge is 2.65. The smallest absolute Gasteiger partial charge is 0.410 e. The largest absolute Gasteiger partial charge is 0.446 e. The Kier molecular flexibility index (Phi) is 5.70. The van der Waals surface area contributed by atoms with E-state index in [1.807, 2.05) is 6.07 Å². The number of amides is 3. The summed E-state index contributed by atoms with van der Waals surface area (Å²) in [4.78, 5) is 48.0. The third-order valence-electron chi connectivity index (χ3n) is 9.27. The van der Waals surface area contributed by atoms with Gasteiger partial charge in [0.1, 0.15) is 17.9 Å². The maximum Gasteiger partial charge on any atom is 0.410 e. The van der Waals surface area contributed by atoms with E-state index in [2.05, 4.69) is 31.8 Å². The van der Waals surface area contributed by atoms with Gasteiger partial charge in [0.25, 0.3) is 0 Å². The number of rotatable bonds is 3. The molecule has 8 nitrogen and oxygen atoms in total. The van der Waals surface area contributed by atoms with E-state index in [1.54, 1.807) is 23.1 Å². The molecule has 0 unspecified atom stereocenters. The Hall–Kier alpha value is -3.47. The number of fused-ring (bicyclic) bond motifs is 6. The first kappa shape index (κ1) is 23.9. The Labute approximate surface area is 216 Å². The van der Waals surface area contributed by atoms with Crippen molar-refractivity contribution in [1.29, 1.82) is 5.26 Å². The van der Waals surface area contributed by atoms with E-state index in [0.29, 0.717) is 47.2 Å². The van der Waals surface area contributed by atoms with Crippen LogP contribution in [0, 0.1) is 46.8 Å². The Bertz CT molecular complexity index is 1330. The number of carbonyl (C=O) groups excluding carboxylic acids is 3. The monoisotopic (exact) mass is 500 g/mol. The second kappa shape index (κ2) is 8.83. The van der Waals surface area contributed by atoms with Crippen LogP contribution >= 0.6 is 0 Å². The van der Waals surface area contributed by atoms with Crippen LogP contribution in [0.25, 0.3) is 10.8 Å². The van der Waals surface area contributed by atoms with Crippen LogP contribution in [-0.4, -0.2) is 46.5 Å². The number of carbonyl (C=O) groups is 3. The van der Waals surface area contributed by atoms with Crippen LogP contribution in [0.5, 0.6) is 0 Å². The van der Waals surface area contributed by atoms with Gasteiger partial charge in [-0.1, -0.05) is 51.5 Å². The van der Waals surface area contributed by atoms with Crippen LogP contribution in [0.3, 0.4) is 0 Å². The number of pyridine rings is 1. The maximum absolute atomic E-state index is 13.8. The topological polar surface area (TPSA) is 104 Å². The van der Waals surface area contributed by atoms with E-state index in [-0.39, 0.29) is 41.7 Å². The van der Waals surface area contributed by atoms with Crippen LogP contribution < -0.4 is 4.90 Å². The summed E-state index contributed by atoms with van der Waals surface area (Å²) in [5.74, 6) is -0.291. The van der Waals surface area contributed by atoms with Gasteiger partial charge < -0.3 is 9.64 Å². The second-order valence-electron chi connectivity index (χ2n) is 11.7. The molecule has 3 amide bonds. The third-order valence-corrected chi connectivity index (χ3v) is 9.27. The van der Waals surface area contributed by atoms with E-state index in [1.165, 1.54) is 11.1 Å². The molecule has 1 aromatic heterocycles. The van der Waals surface area contributed by atoms with Gasteiger partial charge in [0, 0.05) is 23.4 Å². The first-order valence-electron chi connectivity index (χ1n) is 13.4. The van der Waals surface area contributed by atoms with Crippen LogP contribution in [0.4, 0.5) is 10.5 Å². The van der Waals surface area contributed by atoms with Crippen molar-refractivity contribution in [2.45, 2.75) is 58.6 Å². The number of nitrogens with zero attached hydrogens (tertiary/aromatic N) is 4. The van der Waals surface area contributed by atoms with Crippen molar-refractivity contribution in [2.24, 2.45) is 35.5 Å². The summed E-state index contributed by atoms with van der Waals surface area (Å²) in [5, 5.41) is 10.7. The van der Waals surface area contributed by atoms with Crippen molar-refractivity contribution in [1.82, 2.24) is 9.88 Å². The van der Waals surface area contributed by atoms with Crippen LogP contribution in [0.1, 0.15) is 52.1 Å². The lowest BCUT2D eigenvalue weighted by Gasteiger charge is -2.39. The third kappa shape index (κ3) is 3.62. The molecule has 2 aliphatic heterocycles. The van der Waals surface area contributed by atoms with Gasteiger partial charge in [-0.05, 0) is 42.9 Å².